The van der Waals surface area contributed by atoms with Gasteiger partial charge in [0, 0.05) is 17.9 Å². The van der Waals surface area contributed by atoms with Crippen molar-refractivity contribution in [2.45, 2.75) is 12.8 Å². The Morgan fingerprint density at radius 1 is 1.60 bits per heavy atom. The van der Waals surface area contributed by atoms with E-state index in [4.69, 9.17) is 0 Å². The lowest BCUT2D eigenvalue weighted by molar-refractivity contribution is -0.115. The Morgan fingerprint density at radius 2 is 2.50 bits per heavy atom. The molecular formula is C8H10OS. The fraction of sp³-hybridized carbons (Fsp3) is 0.625. The SMILES string of the molecule is O=C1C=C2CSCC2CC1. The molecule has 2 aliphatic rings. The largest absolute Gasteiger partial charge is 0.295 e. The molecule has 2 rings (SSSR count). The van der Waals surface area contributed by atoms with Crippen molar-refractivity contribution in [3.8, 4) is 0 Å². The van der Waals surface area contributed by atoms with E-state index in [1.165, 1.54) is 11.3 Å². The molecule has 10 heavy (non-hydrogen) atoms. The van der Waals surface area contributed by atoms with Crippen molar-refractivity contribution in [3.05, 3.63) is 11.6 Å². The number of thioether (sulfide) groups is 1. The van der Waals surface area contributed by atoms with Crippen LogP contribution in [0.1, 0.15) is 12.8 Å². The maximum Gasteiger partial charge on any atom is 0.155 e. The molecule has 0 spiro atoms. The van der Waals surface area contributed by atoms with Crippen molar-refractivity contribution in [3.63, 3.8) is 0 Å². The number of fused-ring (bicyclic) bond motifs is 1. The van der Waals surface area contributed by atoms with E-state index in [-0.39, 0.29) is 0 Å². The molecule has 1 aliphatic heterocycles. The molecule has 0 N–H and O–H groups in total. The van der Waals surface area contributed by atoms with Crippen molar-refractivity contribution in [2.24, 2.45) is 5.92 Å². The third-order valence-corrected chi connectivity index (χ3v) is 3.37. The summed E-state index contributed by atoms with van der Waals surface area (Å²) in [5.41, 5.74) is 1.40. The van der Waals surface area contributed by atoms with E-state index < -0.39 is 0 Å². The maximum absolute atomic E-state index is 10.9. The minimum absolute atomic E-state index is 0.341. The van der Waals surface area contributed by atoms with Crippen LogP contribution in [0.2, 0.25) is 0 Å². The summed E-state index contributed by atoms with van der Waals surface area (Å²) in [5, 5.41) is 0. The first-order valence-electron chi connectivity index (χ1n) is 3.67. The zero-order valence-corrected chi connectivity index (χ0v) is 6.62. The zero-order valence-electron chi connectivity index (χ0n) is 5.80. The summed E-state index contributed by atoms with van der Waals surface area (Å²) in [4.78, 5) is 10.9. The quantitative estimate of drug-likeness (QED) is 0.527. The van der Waals surface area contributed by atoms with Crippen LogP contribution in [0.15, 0.2) is 11.6 Å². The number of hydrogen-bond donors (Lipinski definition) is 0. The molecule has 0 aromatic carbocycles. The number of carbonyl (C=O) groups excluding carboxylic acids is 1. The summed E-state index contributed by atoms with van der Waals surface area (Å²) < 4.78 is 0. The van der Waals surface area contributed by atoms with E-state index in [0.717, 1.165) is 24.5 Å². The van der Waals surface area contributed by atoms with Crippen LogP contribution in [0.5, 0.6) is 0 Å². The first-order valence-corrected chi connectivity index (χ1v) is 4.83. The van der Waals surface area contributed by atoms with Crippen LogP contribution in [-0.4, -0.2) is 17.3 Å². The second-order valence-corrected chi connectivity index (χ2v) is 3.97. The zero-order chi connectivity index (χ0) is 6.97. The Balaban J connectivity index is 2.23. The van der Waals surface area contributed by atoms with E-state index in [9.17, 15) is 4.79 Å². The Labute approximate surface area is 64.9 Å². The maximum atomic E-state index is 10.9. The van der Waals surface area contributed by atoms with Gasteiger partial charge in [0.05, 0.1) is 0 Å². The monoisotopic (exact) mass is 154 g/mol. The summed E-state index contributed by atoms with van der Waals surface area (Å²) in [7, 11) is 0. The molecule has 1 fully saturated rings. The van der Waals surface area contributed by atoms with Gasteiger partial charge in [0.2, 0.25) is 0 Å². The molecule has 0 radical (unpaired) electrons. The average Bonchev–Trinajstić information content (AvgIpc) is 2.33. The number of rotatable bonds is 0. The van der Waals surface area contributed by atoms with E-state index in [0.29, 0.717) is 5.78 Å². The molecule has 0 saturated carbocycles. The number of ketones is 1. The lowest BCUT2D eigenvalue weighted by Gasteiger charge is -2.14. The third kappa shape index (κ3) is 1.01. The van der Waals surface area contributed by atoms with Crippen LogP contribution >= 0.6 is 11.8 Å². The predicted molar refractivity (Wildman–Crippen MR) is 43.1 cm³/mol. The molecule has 0 amide bonds. The standard InChI is InChI=1S/C8H10OS/c9-8-2-1-6-4-10-5-7(6)3-8/h3,6H,1-2,4-5H2. The summed E-state index contributed by atoms with van der Waals surface area (Å²) in [6.07, 6.45) is 3.76. The number of allylic oxidation sites excluding steroid dienone is 1. The summed E-state index contributed by atoms with van der Waals surface area (Å²) in [6, 6.07) is 0. The van der Waals surface area contributed by atoms with E-state index in [1.807, 2.05) is 17.8 Å². The first kappa shape index (κ1) is 6.47. The van der Waals surface area contributed by atoms with Crippen LogP contribution < -0.4 is 0 Å². The van der Waals surface area contributed by atoms with E-state index in [2.05, 4.69) is 0 Å². The fourth-order valence-corrected chi connectivity index (χ4v) is 2.91. The Morgan fingerprint density at radius 3 is 3.40 bits per heavy atom. The van der Waals surface area contributed by atoms with Crippen molar-refractivity contribution in [2.75, 3.05) is 11.5 Å². The van der Waals surface area contributed by atoms with Gasteiger partial charge in [0.15, 0.2) is 5.78 Å². The normalized spacial score (nSPS) is 31.8. The molecule has 1 unspecified atom stereocenters. The highest BCUT2D eigenvalue weighted by Crippen LogP contribution is 2.35. The minimum atomic E-state index is 0.341. The van der Waals surface area contributed by atoms with Gasteiger partial charge in [-0.25, -0.2) is 0 Å². The number of carbonyl (C=O) groups is 1. The predicted octanol–water partition coefficient (Wildman–Crippen LogP) is 1.64. The highest BCUT2D eigenvalue weighted by Gasteiger charge is 2.25. The van der Waals surface area contributed by atoms with Gasteiger partial charge in [0.1, 0.15) is 0 Å². The molecule has 1 heterocycles. The average molecular weight is 154 g/mol. The van der Waals surface area contributed by atoms with Gasteiger partial charge in [0.25, 0.3) is 0 Å². The van der Waals surface area contributed by atoms with Crippen LogP contribution in [0.3, 0.4) is 0 Å². The Hall–Kier alpha value is -0.240. The van der Waals surface area contributed by atoms with Crippen LogP contribution in [0.4, 0.5) is 0 Å². The smallest absolute Gasteiger partial charge is 0.155 e. The molecule has 2 heteroatoms. The summed E-state index contributed by atoms with van der Waals surface area (Å²) in [5.74, 6) is 3.45. The number of hydrogen-bond acceptors (Lipinski definition) is 2. The topological polar surface area (TPSA) is 17.1 Å². The van der Waals surface area contributed by atoms with Gasteiger partial charge in [-0.1, -0.05) is 5.57 Å². The fourth-order valence-electron chi connectivity index (χ4n) is 1.57. The molecule has 54 valence electrons. The minimum Gasteiger partial charge on any atom is -0.295 e. The molecule has 0 aromatic heterocycles. The summed E-state index contributed by atoms with van der Waals surface area (Å²) >= 11 is 1.96. The highest BCUT2D eigenvalue weighted by molar-refractivity contribution is 7.99. The highest BCUT2D eigenvalue weighted by atomic mass is 32.2. The van der Waals surface area contributed by atoms with Crippen LogP contribution in [0, 0.1) is 5.92 Å². The first-order chi connectivity index (χ1) is 4.86. The molecule has 1 aliphatic carbocycles. The van der Waals surface area contributed by atoms with Gasteiger partial charge < -0.3 is 0 Å². The Kier molecular flexibility index (Phi) is 1.57. The molecule has 1 nitrogen and oxygen atoms in total. The second kappa shape index (κ2) is 2.42. The van der Waals surface area contributed by atoms with Crippen LogP contribution in [-0.2, 0) is 4.79 Å². The summed E-state index contributed by atoms with van der Waals surface area (Å²) in [6.45, 7) is 0. The van der Waals surface area contributed by atoms with Gasteiger partial charge in [-0.15, -0.1) is 0 Å². The lowest BCUT2D eigenvalue weighted by atomic mass is 9.90. The van der Waals surface area contributed by atoms with Crippen molar-refractivity contribution in [1.29, 1.82) is 0 Å². The van der Waals surface area contributed by atoms with E-state index >= 15 is 0 Å². The second-order valence-electron chi connectivity index (χ2n) is 2.94. The molecule has 0 aromatic rings. The molecule has 1 atom stereocenters. The molecule has 1 saturated heterocycles. The Bertz CT molecular complexity index is 195. The van der Waals surface area contributed by atoms with Gasteiger partial charge >= 0.3 is 0 Å². The van der Waals surface area contributed by atoms with E-state index in [1.54, 1.807) is 0 Å². The van der Waals surface area contributed by atoms with Crippen molar-refractivity contribution >= 4 is 17.5 Å². The third-order valence-electron chi connectivity index (χ3n) is 2.20. The van der Waals surface area contributed by atoms with Gasteiger partial charge in [-0.2, -0.15) is 11.8 Å². The van der Waals surface area contributed by atoms with Crippen molar-refractivity contribution < 1.29 is 4.79 Å². The molecule has 0 bridgehead atoms. The van der Waals surface area contributed by atoms with Crippen LogP contribution in [0.25, 0.3) is 0 Å². The lowest BCUT2D eigenvalue weighted by Crippen LogP contribution is -2.11. The van der Waals surface area contributed by atoms with Gasteiger partial charge in [-0.3, -0.25) is 4.79 Å². The van der Waals surface area contributed by atoms with Crippen molar-refractivity contribution in [1.82, 2.24) is 0 Å². The van der Waals surface area contributed by atoms with Gasteiger partial charge in [-0.05, 0) is 18.4 Å². The molecular weight excluding hydrogens is 144 g/mol.